The molecule has 1 heterocycles. The molecule has 0 aromatic heterocycles. The van der Waals surface area contributed by atoms with Crippen LogP contribution in [-0.2, 0) is 14.8 Å². The van der Waals surface area contributed by atoms with Gasteiger partial charge in [-0.05, 0) is 30.3 Å². The fourth-order valence-corrected chi connectivity index (χ4v) is 4.19. The maximum absolute atomic E-state index is 13.8. The number of amides is 1. The van der Waals surface area contributed by atoms with E-state index in [4.69, 9.17) is 9.47 Å². The zero-order valence-corrected chi connectivity index (χ0v) is 15.8. The van der Waals surface area contributed by atoms with Gasteiger partial charge in [0.2, 0.25) is 10.0 Å². The summed E-state index contributed by atoms with van der Waals surface area (Å²) in [5, 5.41) is 2.13. The Morgan fingerprint density at radius 1 is 1.14 bits per heavy atom. The van der Waals surface area contributed by atoms with Crippen LogP contribution in [0.3, 0.4) is 0 Å². The fraction of sp³-hybridized carbons (Fsp3) is 0.278. The molecule has 7 nitrogen and oxygen atoms in total. The van der Waals surface area contributed by atoms with Gasteiger partial charge in [0.1, 0.15) is 23.1 Å². The van der Waals surface area contributed by atoms with Gasteiger partial charge in [0, 0.05) is 13.1 Å². The molecule has 0 bridgehead atoms. The molecule has 2 aromatic carbocycles. The molecule has 1 saturated heterocycles. The van der Waals surface area contributed by atoms with Crippen LogP contribution >= 0.6 is 0 Å². The van der Waals surface area contributed by atoms with Gasteiger partial charge in [0.05, 0.1) is 30.8 Å². The number of rotatable bonds is 5. The molecule has 0 radical (unpaired) electrons. The van der Waals surface area contributed by atoms with Gasteiger partial charge in [0.25, 0.3) is 5.91 Å². The molecule has 0 spiro atoms. The molecule has 0 atom stereocenters. The molecule has 2 aromatic rings. The van der Waals surface area contributed by atoms with E-state index >= 15 is 0 Å². The number of ether oxygens (including phenoxy) is 2. The van der Waals surface area contributed by atoms with Crippen molar-refractivity contribution >= 4 is 21.6 Å². The standard InChI is InChI=1S/C18H18F2N2O5S/c1-26-16-6-5-12(28(24,25)22-7-9-27-10-8-22)11-13(16)18(23)21-17-14(19)3-2-4-15(17)20/h2-6,11H,7-10H2,1H3,(H,21,23). The summed E-state index contributed by atoms with van der Waals surface area (Å²) in [6.45, 7) is 0.928. The Hall–Kier alpha value is -2.56. The lowest BCUT2D eigenvalue weighted by atomic mass is 10.1. The Kier molecular flexibility index (Phi) is 5.92. The number of nitrogens with one attached hydrogen (secondary N) is 1. The highest BCUT2D eigenvalue weighted by atomic mass is 32.2. The Morgan fingerprint density at radius 2 is 1.79 bits per heavy atom. The average Bonchev–Trinajstić information content (AvgIpc) is 2.70. The topological polar surface area (TPSA) is 84.9 Å². The van der Waals surface area contributed by atoms with E-state index in [1.165, 1.54) is 23.5 Å². The van der Waals surface area contributed by atoms with Crippen molar-refractivity contribution in [1.82, 2.24) is 4.31 Å². The Morgan fingerprint density at radius 3 is 2.39 bits per heavy atom. The summed E-state index contributed by atoms with van der Waals surface area (Å²) in [5.41, 5.74) is -0.796. The van der Waals surface area contributed by atoms with Crippen molar-refractivity contribution in [3.8, 4) is 5.75 Å². The van der Waals surface area contributed by atoms with Gasteiger partial charge in [-0.1, -0.05) is 6.07 Å². The molecular formula is C18H18F2N2O5S. The molecule has 150 valence electrons. The summed E-state index contributed by atoms with van der Waals surface area (Å²) in [6.07, 6.45) is 0. The molecule has 10 heteroatoms. The first-order valence-electron chi connectivity index (χ1n) is 8.36. The van der Waals surface area contributed by atoms with E-state index < -0.39 is 33.3 Å². The number of nitrogens with zero attached hydrogens (tertiary/aromatic N) is 1. The van der Waals surface area contributed by atoms with E-state index in [1.54, 1.807) is 0 Å². The quantitative estimate of drug-likeness (QED) is 0.814. The number of benzene rings is 2. The first kappa shape index (κ1) is 20.2. The molecule has 0 unspecified atom stereocenters. The molecule has 1 amide bonds. The van der Waals surface area contributed by atoms with Gasteiger partial charge in [0.15, 0.2) is 0 Å². The largest absolute Gasteiger partial charge is 0.496 e. The van der Waals surface area contributed by atoms with Crippen molar-refractivity contribution in [2.45, 2.75) is 4.90 Å². The summed E-state index contributed by atoms with van der Waals surface area (Å²) in [5.74, 6) is -2.75. The number of para-hydroxylation sites is 1. The van der Waals surface area contributed by atoms with Crippen LogP contribution in [0.2, 0.25) is 0 Å². The van der Waals surface area contributed by atoms with Crippen molar-refractivity contribution in [3.63, 3.8) is 0 Å². The van der Waals surface area contributed by atoms with Gasteiger partial charge in [-0.2, -0.15) is 4.31 Å². The minimum Gasteiger partial charge on any atom is -0.496 e. The molecule has 1 aliphatic heterocycles. The molecule has 0 aliphatic carbocycles. The number of sulfonamides is 1. The van der Waals surface area contributed by atoms with Crippen LogP contribution in [0.5, 0.6) is 5.75 Å². The van der Waals surface area contributed by atoms with Crippen molar-refractivity contribution in [2.75, 3.05) is 38.7 Å². The number of morpholine rings is 1. The molecule has 3 rings (SSSR count). The third-order valence-electron chi connectivity index (χ3n) is 4.22. The minimum absolute atomic E-state index is 0.0650. The Labute approximate surface area is 160 Å². The van der Waals surface area contributed by atoms with E-state index in [-0.39, 0.29) is 42.5 Å². The Bertz CT molecular complexity index is 971. The summed E-state index contributed by atoms with van der Waals surface area (Å²) >= 11 is 0. The maximum Gasteiger partial charge on any atom is 0.259 e. The normalized spacial score (nSPS) is 15.2. The lowest BCUT2D eigenvalue weighted by Gasteiger charge is -2.26. The summed E-state index contributed by atoms with van der Waals surface area (Å²) in [4.78, 5) is 12.5. The number of hydrogen-bond donors (Lipinski definition) is 1. The van der Waals surface area contributed by atoms with Crippen LogP contribution in [0.4, 0.5) is 14.5 Å². The number of carbonyl (C=O) groups is 1. The number of carbonyl (C=O) groups excluding carboxylic acids is 1. The first-order valence-corrected chi connectivity index (χ1v) is 9.80. The van der Waals surface area contributed by atoms with Crippen LogP contribution in [0.25, 0.3) is 0 Å². The smallest absolute Gasteiger partial charge is 0.259 e. The molecule has 1 aliphatic rings. The monoisotopic (exact) mass is 412 g/mol. The summed E-state index contributed by atoms with van der Waals surface area (Å²) in [7, 11) is -2.57. The Balaban J connectivity index is 1.96. The minimum atomic E-state index is -3.86. The van der Waals surface area contributed by atoms with Gasteiger partial charge in [-0.15, -0.1) is 0 Å². The van der Waals surface area contributed by atoms with Gasteiger partial charge in [-0.3, -0.25) is 4.79 Å². The van der Waals surface area contributed by atoms with E-state index in [9.17, 15) is 22.0 Å². The highest BCUT2D eigenvalue weighted by molar-refractivity contribution is 7.89. The van der Waals surface area contributed by atoms with E-state index in [0.717, 1.165) is 24.3 Å². The zero-order valence-electron chi connectivity index (χ0n) is 14.9. The lowest BCUT2D eigenvalue weighted by Crippen LogP contribution is -2.40. The van der Waals surface area contributed by atoms with Crippen LogP contribution in [0.1, 0.15) is 10.4 Å². The first-order chi connectivity index (χ1) is 13.3. The average molecular weight is 412 g/mol. The third kappa shape index (κ3) is 3.98. The van der Waals surface area contributed by atoms with Gasteiger partial charge >= 0.3 is 0 Å². The summed E-state index contributed by atoms with van der Waals surface area (Å²) in [6, 6.07) is 6.91. The number of halogens is 2. The predicted octanol–water partition coefficient (Wildman–Crippen LogP) is 2.25. The fourth-order valence-electron chi connectivity index (χ4n) is 2.76. The van der Waals surface area contributed by atoms with Crippen LogP contribution in [-0.4, -0.2) is 52.0 Å². The summed E-state index contributed by atoms with van der Waals surface area (Å²) < 4.78 is 64.8. The van der Waals surface area contributed by atoms with Gasteiger partial charge < -0.3 is 14.8 Å². The second-order valence-electron chi connectivity index (χ2n) is 5.93. The number of hydrogen-bond acceptors (Lipinski definition) is 5. The highest BCUT2D eigenvalue weighted by Gasteiger charge is 2.28. The van der Waals surface area contributed by atoms with Crippen molar-refractivity contribution in [2.24, 2.45) is 0 Å². The predicted molar refractivity (Wildman–Crippen MR) is 96.9 cm³/mol. The second-order valence-corrected chi connectivity index (χ2v) is 7.87. The van der Waals surface area contributed by atoms with Crippen molar-refractivity contribution in [1.29, 1.82) is 0 Å². The lowest BCUT2D eigenvalue weighted by molar-refractivity contribution is 0.0730. The highest BCUT2D eigenvalue weighted by Crippen LogP contribution is 2.27. The molecule has 1 fully saturated rings. The molecule has 28 heavy (non-hydrogen) atoms. The van der Waals surface area contributed by atoms with Gasteiger partial charge in [-0.25, -0.2) is 17.2 Å². The SMILES string of the molecule is COc1ccc(S(=O)(=O)N2CCOCC2)cc1C(=O)Nc1c(F)cccc1F. The number of anilines is 1. The van der Waals surface area contributed by atoms with Crippen LogP contribution < -0.4 is 10.1 Å². The van der Waals surface area contributed by atoms with E-state index in [0.29, 0.717) is 0 Å². The number of methoxy groups -OCH3 is 1. The zero-order chi connectivity index (χ0) is 20.3. The van der Waals surface area contributed by atoms with Crippen molar-refractivity contribution in [3.05, 3.63) is 53.6 Å². The third-order valence-corrected chi connectivity index (χ3v) is 6.12. The van der Waals surface area contributed by atoms with E-state index in [1.807, 2.05) is 0 Å². The van der Waals surface area contributed by atoms with Crippen LogP contribution in [0, 0.1) is 11.6 Å². The molecule has 1 N–H and O–H groups in total. The molecular weight excluding hydrogens is 394 g/mol. The molecule has 0 saturated carbocycles. The maximum atomic E-state index is 13.8. The van der Waals surface area contributed by atoms with Crippen molar-refractivity contribution < 1.29 is 31.5 Å². The van der Waals surface area contributed by atoms with E-state index in [2.05, 4.69) is 5.32 Å². The second kappa shape index (κ2) is 8.21. The van der Waals surface area contributed by atoms with Crippen LogP contribution in [0.15, 0.2) is 41.3 Å².